The smallest absolute Gasteiger partial charge is 0.338 e. The van der Waals surface area contributed by atoms with Crippen molar-refractivity contribution in [2.45, 2.75) is 26.4 Å². The molecule has 156 valence electrons. The Morgan fingerprint density at radius 3 is 2.61 bits per heavy atom. The normalized spacial score (nSPS) is 11.8. The number of pyridine rings is 1. The van der Waals surface area contributed by atoms with Gasteiger partial charge in [0.2, 0.25) is 0 Å². The van der Waals surface area contributed by atoms with Gasteiger partial charge in [0, 0.05) is 11.8 Å². The molecule has 7 nitrogen and oxygen atoms in total. The SMILES string of the molecule is CCC(OC(=O)c1ccc2nc(-c3ccc(C)cc3)[nH]c2c1)C(=O)Nc1ccccn1. The fourth-order valence-corrected chi connectivity index (χ4v) is 3.15. The number of rotatable bonds is 6. The number of nitrogens with zero attached hydrogens (tertiary/aromatic N) is 2. The summed E-state index contributed by atoms with van der Waals surface area (Å²) < 4.78 is 5.46. The molecule has 0 aliphatic rings. The number of carbonyl (C=O) groups excluding carboxylic acids is 2. The second kappa shape index (κ2) is 8.79. The maximum Gasteiger partial charge on any atom is 0.338 e. The lowest BCUT2D eigenvalue weighted by molar-refractivity contribution is -0.124. The topological polar surface area (TPSA) is 97.0 Å². The van der Waals surface area contributed by atoms with E-state index in [9.17, 15) is 9.59 Å². The number of ether oxygens (including phenoxy) is 1. The van der Waals surface area contributed by atoms with Gasteiger partial charge in [0.1, 0.15) is 11.6 Å². The molecular formula is C24H22N4O3. The molecule has 0 bridgehead atoms. The molecule has 4 aromatic rings. The molecule has 0 aliphatic carbocycles. The first kappa shape index (κ1) is 20.3. The van der Waals surface area contributed by atoms with Crippen molar-refractivity contribution in [3.8, 4) is 11.4 Å². The number of carbonyl (C=O) groups is 2. The summed E-state index contributed by atoms with van der Waals surface area (Å²) in [5, 5.41) is 2.66. The molecule has 0 saturated heterocycles. The number of imidazole rings is 1. The zero-order valence-corrected chi connectivity index (χ0v) is 17.3. The highest BCUT2D eigenvalue weighted by Crippen LogP contribution is 2.22. The Kier molecular flexibility index (Phi) is 5.75. The lowest BCUT2D eigenvalue weighted by atomic mass is 10.1. The van der Waals surface area contributed by atoms with E-state index in [1.165, 1.54) is 5.56 Å². The van der Waals surface area contributed by atoms with Crippen molar-refractivity contribution in [2.24, 2.45) is 0 Å². The fraction of sp³-hybridized carbons (Fsp3) is 0.167. The van der Waals surface area contributed by atoms with E-state index in [0.717, 1.165) is 22.4 Å². The molecule has 0 aliphatic heterocycles. The standard InChI is InChI=1S/C24H22N4O3/c1-3-20(23(29)28-21-6-4-5-13-25-21)31-24(30)17-11-12-18-19(14-17)27-22(26-18)16-9-7-15(2)8-10-16/h4-14,20H,3H2,1-2H3,(H,26,27)(H,25,28,29). The number of aryl methyl sites for hydroxylation is 1. The zero-order valence-electron chi connectivity index (χ0n) is 17.3. The molecule has 31 heavy (non-hydrogen) atoms. The maximum absolute atomic E-state index is 12.7. The van der Waals surface area contributed by atoms with Gasteiger partial charge in [-0.05, 0) is 43.7 Å². The van der Waals surface area contributed by atoms with Gasteiger partial charge in [0.15, 0.2) is 6.10 Å². The summed E-state index contributed by atoms with van der Waals surface area (Å²) in [5.74, 6) is 0.140. The average molecular weight is 414 g/mol. The number of esters is 1. The predicted molar refractivity (Wildman–Crippen MR) is 119 cm³/mol. The number of benzene rings is 2. The van der Waals surface area contributed by atoms with Crippen LogP contribution in [0.2, 0.25) is 0 Å². The Morgan fingerprint density at radius 2 is 1.90 bits per heavy atom. The number of anilines is 1. The highest BCUT2D eigenvalue weighted by atomic mass is 16.5. The van der Waals surface area contributed by atoms with Gasteiger partial charge in [-0.1, -0.05) is 42.8 Å². The molecule has 1 atom stereocenters. The van der Waals surface area contributed by atoms with Crippen LogP contribution >= 0.6 is 0 Å². The van der Waals surface area contributed by atoms with Crippen LogP contribution in [0.1, 0.15) is 29.3 Å². The van der Waals surface area contributed by atoms with Gasteiger partial charge in [-0.3, -0.25) is 4.79 Å². The van der Waals surface area contributed by atoms with Crippen LogP contribution in [0.15, 0.2) is 66.9 Å². The molecule has 0 radical (unpaired) electrons. The van der Waals surface area contributed by atoms with Crippen molar-refractivity contribution in [1.29, 1.82) is 0 Å². The van der Waals surface area contributed by atoms with Crippen molar-refractivity contribution >= 4 is 28.7 Å². The number of aromatic nitrogens is 3. The Hall–Kier alpha value is -4.00. The Balaban J connectivity index is 1.50. The van der Waals surface area contributed by atoms with E-state index >= 15 is 0 Å². The zero-order chi connectivity index (χ0) is 21.8. The van der Waals surface area contributed by atoms with E-state index in [1.54, 1.807) is 49.5 Å². The van der Waals surface area contributed by atoms with Gasteiger partial charge in [-0.25, -0.2) is 14.8 Å². The van der Waals surface area contributed by atoms with E-state index in [0.29, 0.717) is 17.8 Å². The van der Waals surface area contributed by atoms with Gasteiger partial charge in [-0.2, -0.15) is 0 Å². The molecule has 2 aromatic heterocycles. The van der Waals surface area contributed by atoms with E-state index in [2.05, 4.69) is 20.3 Å². The number of nitrogens with one attached hydrogen (secondary N) is 2. The number of aromatic amines is 1. The molecule has 2 N–H and O–H groups in total. The monoisotopic (exact) mass is 414 g/mol. The van der Waals surface area contributed by atoms with Gasteiger partial charge in [0.05, 0.1) is 16.6 Å². The maximum atomic E-state index is 12.7. The third-order valence-corrected chi connectivity index (χ3v) is 4.87. The number of hydrogen-bond donors (Lipinski definition) is 2. The highest BCUT2D eigenvalue weighted by Gasteiger charge is 2.23. The molecule has 2 aromatic carbocycles. The van der Waals surface area contributed by atoms with Crippen LogP contribution in [0.25, 0.3) is 22.4 Å². The first-order valence-corrected chi connectivity index (χ1v) is 10.0. The summed E-state index contributed by atoms with van der Waals surface area (Å²) in [6, 6.07) is 18.3. The number of fused-ring (bicyclic) bond motifs is 1. The van der Waals surface area contributed by atoms with Gasteiger partial charge < -0.3 is 15.0 Å². The molecular weight excluding hydrogens is 392 g/mol. The van der Waals surface area contributed by atoms with Crippen molar-refractivity contribution in [3.63, 3.8) is 0 Å². The first-order chi connectivity index (χ1) is 15.0. The van der Waals surface area contributed by atoms with Crippen LogP contribution in [0, 0.1) is 6.92 Å². The Labute approximate surface area is 179 Å². The Morgan fingerprint density at radius 1 is 1.10 bits per heavy atom. The summed E-state index contributed by atoms with van der Waals surface area (Å²) in [6.07, 6.45) is 0.997. The molecule has 1 amide bonds. The number of amides is 1. The summed E-state index contributed by atoms with van der Waals surface area (Å²) in [4.78, 5) is 37.0. The second-order valence-corrected chi connectivity index (χ2v) is 7.19. The molecule has 0 saturated carbocycles. The molecule has 0 spiro atoms. The van der Waals surface area contributed by atoms with Crippen LogP contribution in [0.4, 0.5) is 5.82 Å². The van der Waals surface area contributed by atoms with Crippen LogP contribution in [0.3, 0.4) is 0 Å². The third-order valence-electron chi connectivity index (χ3n) is 4.87. The molecule has 7 heteroatoms. The van der Waals surface area contributed by atoms with Crippen LogP contribution in [0.5, 0.6) is 0 Å². The summed E-state index contributed by atoms with van der Waals surface area (Å²) in [6.45, 7) is 3.81. The van der Waals surface area contributed by atoms with Gasteiger partial charge >= 0.3 is 5.97 Å². The average Bonchev–Trinajstić information content (AvgIpc) is 3.21. The quantitative estimate of drug-likeness (QED) is 0.453. The third kappa shape index (κ3) is 4.61. The largest absolute Gasteiger partial charge is 0.449 e. The summed E-state index contributed by atoms with van der Waals surface area (Å²) in [5.41, 5.74) is 3.93. The van der Waals surface area contributed by atoms with E-state index in [4.69, 9.17) is 4.74 Å². The van der Waals surface area contributed by atoms with Crippen molar-refractivity contribution in [2.75, 3.05) is 5.32 Å². The van der Waals surface area contributed by atoms with Crippen LogP contribution in [-0.4, -0.2) is 32.9 Å². The van der Waals surface area contributed by atoms with Gasteiger partial charge in [0.25, 0.3) is 5.91 Å². The summed E-state index contributed by atoms with van der Waals surface area (Å²) in [7, 11) is 0. The van der Waals surface area contributed by atoms with Crippen molar-refractivity contribution in [1.82, 2.24) is 15.0 Å². The number of hydrogen-bond acceptors (Lipinski definition) is 5. The number of H-pyrrole nitrogens is 1. The minimum Gasteiger partial charge on any atom is -0.449 e. The van der Waals surface area contributed by atoms with E-state index < -0.39 is 18.0 Å². The van der Waals surface area contributed by atoms with E-state index in [1.807, 2.05) is 31.2 Å². The molecule has 2 heterocycles. The van der Waals surface area contributed by atoms with Gasteiger partial charge in [-0.15, -0.1) is 0 Å². The molecule has 1 unspecified atom stereocenters. The van der Waals surface area contributed by atoms with Crippen LogP contribution in [-0.2, 0) is 9.53 Å². The highest BCUT2D eigenvalue weighted by molar-refractivity contribution is 5.98. The summed E-state index contributed by atoms with van der Waals surface area (Å²) >= 11 is 0. The fourth-order valence-electron chi connectivity index (χ4n) is 3.15. The predicted octanol–water partition coefficient (Wildman–Crippen LogP) is 4.51. The molecule has 4 rings (SSSR count). The first-order valence-electron chi connectivity index (χ1n) is 10.0. The minimum atomic E-state index is -0.921. The van der Waals surface area contributed by atoms with Crippen molar-refractivity contribution < 1.29 is 14.3 Å². The Bertz CT molecular complexity index is 1220. The van der Waals surface area contributed by atoms with E-state index in [-0.39, 0.29) is 0 Å². The minimum absolute atomic E-state index is 0.342. The molecule has 0 fully saturated rings. The lowest BCUT2D eigenvalue weighted by Gasteiger charge is -2.15. The van der Waals surface area contributed by atoms with Crippen LogP contribution < -0.4 is 5.32 Å². The van der Waals surface area contributed by atoms with Crippen molar-refractivity contribution in [3.05, 3.63) is 78.0 Å². The lowest BCUT2D eigenvalue weighted by Crippen LogP contribution is -2.32. The second-order valence-electron chi connectivity index (χ2n) is 7.19.